The Kier molecular flexibility index (Phi) is 1.92. The Hall–Kier alpha value is -1.49. The maximum atomic E-state index is 4.24. The summed E-state index contributed by atoms with van der Waals surface area (Å²) < 4.78 is 2.02. The molecule has 5 nitrogen and oxygen atoms in total. The van der Waals surface area contributed by atoms with Gasteiger partial charge in [-0.2, -0.15) is 0 Å². The number of rotatable bonds is 2. The second-order valence-corrected chi connectivity index (χ2v) is 4.07. The van der Waals surface area contributed by atoms with Crippen LogP contribution in [0.4, 0.5) is 0 Å². The fourth-order valence-electron chi connectivity index (χ4n) is 1.96. The lowest BCUT2D eigenvalue weighted by Gasteiger charge is -2.31. The van der Waals surface area contributed by atoms with E-state index in [0.29, 0.717) is 11.8 Å². The van der Waals surface area contributed by atoms with Crippen LogP contribution in [0.1, 0.15) is 18.7 Å². The molecule has 0 aromatic carbocycles. The summed E-state index contributed by atoms with van der Waals surface area (Å²) in [7, 11) is 0. The van der Waals surface area contributed by atoms with Gasteiger partial charge in [-0.15, -0.1) is 10.2 Å². The summed E-state index contributed by atoms with van der Waals surface area (Å²) in [5, 5.41) is 11.6. The molecular formula is C10H13N5. The van der Waals surface area contributed by atoms with Crippen molar-refractivity contribution >= 4 is 5.65 Å². The molecule has 0 amide bonds. The van der Waals surface area contributed by atoms with Crippen molar-refractivity contribution in [3.05, 3.63) is 24.4 Å². The molecule has 0 bridgehead atoms. The first kappa shape index (κ1) is 8.79. The van der Waals surface area contributed by atoms with Crippen LogP contribution in [0.2, 0.25) is 0 Å². The van der Waals surface area contributed by atoms with Crippen LogP contribution in [-0.4, -0.2) is 32.7 Å². The third-order valence-electron chi connectivity index (χ3n) is 3.17. The Morgan fingerprint density at radius 3 is 3.07 bits per heavy atom. The second-order valence-electron chi connectivity index (χ2n) is 4.07. The molecule has 2 aromatic heterocycles. The van der Waals surface area contributed by atoms with Crippen LogP contribution in [0.5, 0.6) is 0 Å². The predicted octanol–water partition coefficient (Wildman–Crippen LogP) is 0.447. The van der Waals surface area contributed by atoms with Gasteiger partial charge in [0.1, 0.15) is 5.82 Å². The van der Waals surface area contributed by atoms with Crippen LogP contribution in [0.15, 0.2) is 18.6 Å². The normalized spacial score (nSPS) is 19.0. The highest BCUT2D eigenvalue weighted by Gasteiger charge is 2.27. The lowest BCUT2D eigenvalue weighted by atomic mass is 9.88. The smallest absolute Gasteiger partial charge is 0.179 e. The number of nitrogens with one attached hydrogen (secondary N) is 1. The molecule has 0 spiro atoms. The molecule has 1 aliphatic heterocycles. The molecule has 1 atom stereocenters. The van der Waals surface area contributed by atoms with Gasteiger partial charge in [0.15, 0.2) is 5.65 Å². The highest BCUT2D eigenvalue weighted by atomic mass is 15.3. The topological polar surface area (TPSA) is 55.1 Å². The number of hydrogen-bond donors (Lipinski definition) is 1. The maximum Gasteiger partial charge on any atom is 0.179 e. The Balaban J connectivity index is 2.02. The quantitative estimate of drug-likeness (QED) is 0.769. The van der Waals surface area contributed by atoms with E-state index in [1.807, 2.05) is 10.6 Å². The van der Waals surface area contributed by atoms with E-state index >= 15 is 0 Å². The zero-order valence-electron chi connectivity index (χ0n) is 8.59. The van der Waals surface area contributed by atoms with Gasteiger partial charge < -0.3 is 5.32 Å². The molecule has 3 heterocycles. The van der Waals surface area contributed by atoms with E-state index in [9.17, 15) is 0 Å². The molecule has 1 unspecified atom stereocenters. The average molecular weight is 203 g/mol. The minimum absolute atomic E-state index is 0.448. The second kappa shape index (κ2) is 3.27. The summed E-state index contributed by atoms with van der Waals surface area (Å²) in [5.74, 6) is 2.17. The monoisotopic (exact) mass is 203 g/mol. The van der Waals surface area contributed by atoms with Gasteiger partial charge >= 0.3 is 0 Å². The molecule has 1 fully saturated rings. The Labute approximate surface area is 87.5 Å². The number of fused-ring (bicyclic) bond motifs is 1. The average Bonchev–Trinajstić information content (AvgIpc) is 2.58. The van der Waals surface area contributed by atoms with E-state index in [1.54, 1.807) is 12.4 Å². The lowest BCUT2D eigenvalue weighted by Crippen LogP contribution is -2.45. The summed E-state index contributed by atoms with van der Waals surface area (Å²) in [6.07, 6.45) is 5.43. The largest absolute Gasteiger partial charge is 0.316 e. The van der Waals surface area contributed by atoms with E-state index in [4.69, 9.17) is 0 Å². The van der Waals surface area contributed by atoms with Crippen molar-refractivity contribution in [1.29, 1.82) is 0 Å². The van der Waals surface area contributed by atoms with Crippen molar-refractivity contribution in [3.8, 4) is 0 Å². The van der Waals surface area contributed by atoms with Crippen LogP contribution in [0, 0.1) is 5.92 Å². The van der Waals surface area contributed by atoms with E-state index in [-0.39, 0.29) is 0 Å². The van der Waals surface area contributed by atoms with Crippen LogP contribution in [0.25, 0.3) is 5.65 Å². The highest BCUT2D eigenvalue weighted by molar-refractivity contribution is 5.34. The number of hydrogen-bond acceptors (Lipinski definition) is 4. The fourth-order valence-corrected chi connectivity index (χ4v) is 1.96. The molecule has 5 heteroatoms. The molecule has 2 aromatic rings. The first-order chi connectivity index (χ1) is 7.36. The standard InChI is InChI=1S/C10H13N5/c1-7(8-4-12-5-8)10-14-13-9-6-11-2-3-15(9)10/h2-3,6-8,12H,4-5H2,1H3. The zero-order chi connectivity index (χ0) is 10.3. The van der Waals surface area contributed by atoms with Crippen LogP contribution in [-0.2, 0) is 0 Å². The summed E-state index contributed by atoms with van der Waals surface area (Å²) in [4.78, 5) is 4.03. The van der Waals surface area contributed by atoms with Crippen molar-refractivity contribution in [3.63, 3.8) is 0 Å². The summed E-state index contributed by atoms with van der Waals surface area (Å²) >= 11 is 0. The van der Waals surface area contributed by atoms with Gasteiger partial charge in [0.25, 0.3) is 0 Å². The van der Waals surface area contributed by atoms with Crippen molar-refractivity contribution in [2.45, 2.75) is 12.8 Å². The molecule has 1 saturated heterocycles. The predicted molar refractivity (Wildman–Crippen MR) is 55.6 cm³/mol. The Morgan fingerprint density at radius 2 is 2.33 bits per heavy atom. The summed E-state index contributed by atoms with van der Waals surface area (Å²) in [6.45, 7) is 4.38. The minimum Gasteiger partial charge on any atom is -0.316 e. The van der Waals surface area contributed by atoms with Gasteiger partial charge in [0.2, 0.25) is 0 Å². The zero-order valence-corrected chi connectivity index (χ0v) is 8.59. The van der Waals surface area contributed by atoms with Gasteiger partial charge in [-0.3, -0.25) is 9.38 Å². The fraction of sp³-hybridized carbons (Fsp3) is 0.500. The lowest BCUT2D eigenvalue weighted by molar-refractivity contribution is 0.295. The number of nitrogens with zero attached hydrogens (tertiary/aromatic N) is 4. The minimum atomic E-state index is 0.448. The molecule has 0 radical (unpaired) electrons. The molecule has 1 aliphatic rings. The molecule has 0 aliphatic carbocycles. The van der Waals surface area contributed by atoms with Crippen LogP contribution in [0.3, 0.4) is 0 Å². The molecule has 1 N–H and O–H groups in total. The van der Waals surface area contributed by atoms with E-state index < -0.39 is 0 Å². The Bertz CT molecular complexity index is 473. The van der Waals surface area contributed by atoms with Crippen molar-refractivity contribution < 1.29 is 0 Å². The first-order valence-corrected chi connectivity index (χ1v) is 5.21. The SMILES string of the molecule is CC(c1nnc2cnccn12)C1CNC1. The molecule has 15 heavy (non-hydrogen) atoms. The van der Waals surface area contributed by atoms with Crippen LogP contribution >= 0.6 is 0 Å². The van der Waals surface area contributed by atoms with Gasteiger partial charge in [-0.25, -0.2) is 0 Å². The highest BCUT2D eigenvalue weighted by Crippen LogP contribution is 2.25. The van der Waals surface area contributed by atoms with E-state index in [0.717, 1.165) is 24.6 Å². The van der Waals surface area contributed by atoms with Crippen LogP contribution < -0.4 is 5.32 Å². The van der Waals surface area contributed by atoms with Gasteiger partial charge in [-0.1, -0.05) is 6.92 Å². The summed E-state index contributed by atoms with van der Waals surface area (Å²) in [6, 6.07) is 0. The van der Waals surface area contributed by atoms with Crippen molar-refractivity contribution in [2.24, 2.45) is 5.92 Å². The van der Waals surface area contributed by atoms with Gasteiger partial charge in [0, 0.05) is 18.3 Å². The van der Waals surface area contributed by atoms with Crippen molar-refractivity contribution in [2.75, 3.05) is 13.1 Å². The Morgan fingerprint density at radius 1 is 1.47 bits per heavy atom. The molecular weight excluding hydrogens is 190 g/mol. The van der Waals surface area contributed by atoms with Gasteiger partial charge in [0.05, 0.1) is 6.20 Å². The molecule has 0 saturated carbocycles. The summed E-state index contributed by atoms with van der Waals surface area (Å²) in [5.41, 5.74) is 0.826. The number of aromatic nitrogens is 4. The first-order valence-electron chi connectivity index (χ1n) is 5.21. The van der Waals surface area contributed by atoms with Crippen molar-refractivity contribution in [1.82, 2.24) is 24.9 Å². The third-order valence-corrected chi connectivity index (χ3v) is 3.17. The van der Waals surface area contributed by atoms with Gasteiger partial charge in [-0.05, 0) is 19.0 Å². The van der Waals surface area contributed by atoms with E-state index in [1.165, 1.54) is 0 Å². The third kappa shape index (κ3) is 1.31. The maximum absolute atomic E-state index is 4.24. The van der Waals surface area contributed by atoms with E-state index in [2.05, 4.69) is 27.4 Å². The molecule has 3 rings (SSSR count). The molecule has 78 valence electrons.